The number of aromatic nitrogens is 1. The van der Waals surface area contributed by atoms with Gasteiger partial charge in [-0.3, -0.25) is 9.63 Å². The van der Waals surface area contributed by atoms with E-state index in [4.69, 9.17) is 4.84 Å². The number of carbonyl (C=O) groups excluding carboxylic acids is 2. The molecule has 33 heavy (non-hydrogen) atoms. The van der Waals surface area contributed by atoms with Gasteiger partial charge in [0.2, 0.25) is 0 Å². The fraction of sp³-hybridized carbons (Fsp3) is 0.308. The van der Waals surface area contributed by atoms with Gasteiger partial charge < -0.3 is 9.47 Å². The summed E-state index contributed by atoms with van der Waals surface area (Å²) in [6.45, 7) is 7.24. The highest BCUT2D eigenvalue weighted by Gasteiger charge is 2.22. The summed E-state index contributed by atoms with van der Waals surface area (Å²) in [5.74, 6) is -0.0887. The molecule has 1 aliphatic rings. The van der Waals surface area contributed by atoms with Crippen molar-refractivity contribution in [2.45, 2.75) is 39.7 Å². The lowest BCUT2D eigenvalue weighted by Gasteiger charge is -2.11. The molecule has 1 aliphatic heterocycles. The molecule has 2 aromatic carbocycles. The lowest BCUT2D eigenvalue weighted by molar-refractivity contribution is 0.103. The van der Waals surface area contributed by atoms with Gasteiger partial charge in [0.15, 0.2) is 11.5 Å². The molecule has 168 valence electrons. The second kappa shape index (κ2) is 9.29. The molecule has 0 radical (unpaired) electrons. The smallest absolute Gasteiger partial charge is 0.344 e. The molecule has 0 unspecified atom stereocenters. The van der Waals surface area contributed by atoms with Gasteiger partial charge in [-0.15, -0.1) is 0 Å². The van der Waals surface area contributed by atoms with E-state index in [1.165, 1.54) is 0 Å². The molecular formula is C26H26N4O3. The first kappa shape index (κ1) is 22.3. The Kier molecular flexibility index (Phi) is 6.27. The summed E-state index contributed by atoms with van der Waals surface area (Å²) in [7, 11) is 0. The maximum atomic E-state index is 13.2. The minimum atomic E-state index is -0.553. The predicted molar refractivity (Wildman–Crippen MR) is 126 cm³/mol. The average molecular weight is 443 g/mol. The Hall–Kier alpha value is -3.92. The van der Waals surface area contributed by atoms with Crippen molar-refractivity contribution in [1.82, 2.24) is 9.47 Å². The summed E-state index contributed by atoms with van der Waals surface area (Å²) < 4.78 is 2.02. The third-order valence-corrected chi connectivity index (χ3v) is 5.98. The van der Waals surface area contributed by atoms with Crippen LogP contribution in [0.3, 0.4) is 0 Å². The summed E-state index contributed by atoms with van der Waals surface area (Å²) in [6.07, 6.45) is 3.14. The number of oxime groups is 1. The van der Waals surface area contributed by atoms with E-state index >= 15 is 0 Å². The van der Waals surface area contributed by atoms with Crippen LogP contribution in [-0.2, 0) is 4.84 Å². The van der Waals surface area contributed by atoms with Crippen LogP contribution >= 0.6 is 0 Å². The summed E-state index contributed by atoms with van der Waals surface area (Å²) in [4.78, 5) is 32.1. The first-order chi connectivity index (χ1) is 15.9. The van der Waals surface area contributed by atoms with Crippen molar-refractivity contribution in [3.63, 3.8) is 0 Å². The van der Waals surface area contributed by atoms with Crippen molar-refractivity contribution in [2.75, 3.05) is 13.1 Å². The number of aryl methyl sites for hydroxylation is 1. The first-order valence-corrected chi connectivity index (χ1v) is 11.1. The molecule has 0 aliphatic carbocycles. The molecule has 0 spiro atoms. The van der Waals surface area contributed by atoms with E-state index in [2.05, 4.69) is 11.2 Å². The number of hydrogen-bond donors (Lipinski definition) is 0. The molecule has 3 aromatic rings. The normalized spacial score (nSPS) is 14.0. The third-order valence-electron chi connectivity index (χ3n) is 5.98. The minimum absolute atomic E-state index is 0.00700. The number of benzene rings is 2. The lowest BCUT2D eigenvalue weighted by atomic mass is 9.97. The Labute approximate surface area is 192 Å². The highest BCUT2D eigenvalue weighted by molar-refractivity contribution is 6.20. The highest BCUT2D eigenvalue weighted by Crippen LogP contribution is 2.28. The Morgan fingerprint density at radius 3 is 2.48 bits per heavy atom. The second-order valence-corrected chi connectivity index (χ2v) is 8.52. The van der Waals surface area contributed by atoms with Crippen LogP contribution in [0.4, 0.5) is 4.79 Å². The molecule has 1 amide bonds. The van der Waals surface area contributed by atoms with Gasteiger partial charge in [-0.1, -0.05) is 29.4 Å². The molecule has 7 nitrogen and oxygen atoms in total. The zero-order valence-electron chi connectivity index (χ0n) is 19.0. The summed E-state index contributed by atoms with van der Waals surface area (Å²) in [5.41, 5.74) is 3.44. The predicted octanol–water partition coefficient (Wildman–Crippen LogP) is 5.22. The van der Waals surface area contributed by atoms with Gasteiger partial charge in [0, 0.05) is 52.9 Å². The monoisotopic (exact) mass is 442 g/mol. The fourth-order valence-corrected chi connectivity index (χ4v) is 4.17. The van der Waals surface area contributed by atoms with Crippen LogP contribution in [0.25, 0.3) is 10.9 Å². The molecule has 4 rings (SSSR count). The van der Waals surface area contributed by atoms with Crippen LogP contribution in [0.2, 0.25) is 0 Å². The van der Waals surface area contributed by atoms with E-state index in [0.717, 1.165) is 23.9 Å². The molecule has 1 aromatic heterocycles. The molecule has 2 heterocycles. The van der Waals surface area contributed by atoms with E-state index < -0.39 is 6.09 Å². The average Bonchev–Trinajstić information content (AvgIpc) is 3.48. The molecular weight excluding hydrogens is 416 g/mol. The van der Waals surface area contributed by atoms with Crippen molar-refractivity contribution in [2.24, 2.45) is 5.16 Å². The summed E-state index contributed by atoms with van der Waals surface area (Å²) in [6, 6.07) is 15.1. The van der Waals surface area contributed by atoms with E-state index in [1.54, 1.807) is 17.0 Å². The van der Waals surface area contributed by atoms with Crippen molar-refractivity contribution in [1.29, 1.82) is 5.26 Å². The molecule has 1 saturated heterocycles. The third kappa shape index (κ3) is 4.37. The summed E-state index contributed by atoms with van der Waals surface area (Å²) in [5, 5.41) is 14.4. The number of fused-ring (bicyclic) bond motifs is 1. The number of rotatable bonds is 5. The molecule has 1 fully saturated rings. The number of hydrogen-bond acceptors (Lipinski definition) is 5. The van der Waals surface area contributed by atoms with Crippen molar-refractivity contribution < 1.29 is 14.4 Å². The van der Waals surface area contributed by atoms with Crippen molar-refractivity contribution in [3.8, 4) is 6.07 Å². The highest BCUT2D eigenvalue weighted by atomic mass is 16.7. The van der Waals surface area contributed by atoms with Crippen molar-refractivity contribution in [3.05, 3.63) is 70.9 Å². The van der Waals surface area contributed by atoms with Crippen LogP contribution in [0.15, 0.2) is 53.8 Å². The second-order valence-electron chi connectivity index (χ2n) is 8.52. The van der Waals surface area contributed by atoms with Crippen LogP contribution in [0.5, 0.6) is 0 Å². The Bertz CT molecular complexity index is 1290. The molecule has 0 bridgehead atoms. The molecule has 7 heteroatoms. The fourth-order valence-electron chi connectivity index (χ4n) is 4.17. The van der Waals surface area contributed by atoms with Crippen molar-refractivity contribution >= 4 is 28.5 Å². The first-order valence-electron chi connectivity index (χ1n) is 11.1. The number of nitriles is 1. The number of amides is 1. The van der Waals surface area contributed by atoms with E-state index in [9.17, 15) is 14.9 Å². The molecule has 0 N–H and O–H groups in total. The number of likely N-dealkylation sites (tertiary alicyclic amines) is 1. The van der Waals surface area contributed by atoms with E-state index in [0.29, 0.717) is 35.2 Å². The van der Waals surface area contributed by atoms with Crippen LogP contribution < -0.4 is 0 Å². The number of ketones is 1. The van der Waals surface area contributed by atoms with Crippen LogP contribution in [-0.4, -0.2) is 40.1 Å². The largest absolute Gasteiger partial charge is 0.436 e. The Morgan fingerprint density at radius 1 is 1.09 bits per heavy atom. The van der Waals surface area contributed by atoms with E-state index in [1.807, 2.05) is 61.9 Å². The molecule has 0 saturated carbocycles. The van der Waals surface area contributed by atoms with E-state index in [-0.39, 0.29) is 17.5 Å². The van der Waals surface area contributed by atoms with Crippen LogP contribution in [0.1, 0.15) is 59.8 Å². The molecule has 0 atom stereocenters. The Balaban J connectivity index is 1.76. The summed E-state index contributed by atoms with van der Waals surface area (Å²) >= 11 is 0. The zero-order valence-corrected chi connectivity index (χ0v) is 19.0. The standard InChI is InChI=1S/C26H26N4O3/c1-17(2)30-16-22(23(15-27)28-33-26(32)29-12-6-7-13-29)21-14-19(10-11-24(21)30)25(31)20-9-5-4-8-18(20)3/h4-5,8-11,14,16-17H,6-7,12-13H2,1-3H3/b28-23+. The van der Waals surface area contributed by atoms with Gasteiger partial charge in [0.1, 0.15) is 6.07 Å². The number of nitrogens with zero attached hydrogens (tertiary/aromatic N) is 4. The van der Waals surface area contributed by atoms with Gasteiger partial charge in [0.05, 0.1) is 0 Å². The van der Waals surface area contributed by atoms with Gasteiger partial charge >= 0.3 is 6.09 Å². The van der Waals surface area contributed by atoms with Gasteiger partial charge in [0.25, 0.3) is 0 Å². The topological polar surface area (TPSA) is 87.7 Å². The van der Waals surface area contributed by atoms with Gasteiger partial charge in [-0.2, -0.15) is 5.26 Å². The van der Waals surface area contributed by atoms with Crippen LogP contribution in [0, 0.1) is 18.3 Å². The maximum absolute atomic E-state index is 13.2. The minimum Gasteiger partial charge on any atom is -0.344 e. The van der Waals surface area contributed by atoms with Gasteiger partial charge in [-0.25, -0.2) is 4.79 Å². The SMILES string of the molecule is Cc1ccccc1C(=O)c1ccc2c(c1)c(/C(C#N)=N/OC(=O)N1CCCC1)cn2C(C)C. The number of carbonyl (C=O) groups is 2. The lowest BCUT2D eigenvalue weighted by Crippen LogP contribution is -2.27. The Morgan fingerprint density at radius 2 is 1.82 bits per heavy atom. The zero-order chi connectivity index (χ0) is 23.5. The quantitative estimate of drug-likeness (QED) is 0.234. The van der Waals surface area contributed by atoms with Gasteiger partial charge in [-0.05, 0) is 57.4 Å². The maximum Gasteiger partial charge on any atom is 0.436 e.